The largest absolute Gasteiger partial charge is 0.481 e. The van der Waals surface area contributed by atoms with Crippen LogP contribution in [-0.4, -0.2) is 54.0 Å². The topological polar surface area (TPSA) is 136 Å². The molecule has 0 bridgehead atoms. The Labute approximate surface area is 170 Å². The summed E-state index contributed by atoms with van der Waals surface area (Å²) in [4.78, 5) is 56.3. The molecule has 0 unspecified atom stereocenters. The first kappa shape index (κ1) is 24.6. The van der Waals surface area contributed by atoms with Crippen LogP contribution in [-0.2, 0) is 33.4 Å². The number of cyclic esters (lactones) is 1. The first-order chi connectivity index (χ1) is 13.9. The van der Waals surface area contributed by atoms with Gasteiger partial charge in [0.15, 0.2) is 0 Å². The number of carboxylic acids is 1. The number of unbranched alkanes of at least 4 members (excludes halogenated alkanes) is 6. The van der Waals surface area contributed by atoms with Crippen molar-refractivity contribution in [1.82, 2.24) is 5.32 Å². The van der Waals surface area contributed by atoms with E-state index in [1.165, 1.54) is 0 Å². The Hall–Kier alpha value is -2.45. The molecule has 2 N–H and O–H groups in total. The fourth-order valence-electron chi connectivity index (χ4n) is 2.92. The fraction of sp³-hybridized carbons (Fsp3) is 0.750. The number of rotatable bonds is 16. The molecule has 9 nitrogen and oxygen atoms in total. The quantitative estimate of drug-likeness (QED) is 0.222. The summed E-state index contributed by atoms with van der Waals surface area (Å²) in [6.45, 7) is 0.614. The van der Waals surface area contributed by atoms with Gasteiger partial charge in [0.05, 0.1) is 32.5 Å². The summed E-state index contributed by atoms with van der Waals surface area (Å²) in [5, 5.41) is 11.0. The van der Waals surface area contributed by atoms with Crippen molar-refractivity contribution in [3.63, 3.8) is 0 Å². The number of ketones is 1. The maximum atomic E-state index is 11.8. The van der Waals surface area contributed by atoms with Crippen LogP contribution in [0.1, 0.15) is 77.0 Å². The first-order valence-electron chi connectivity index (χ1n) is 10.2. The molecule has 1 fully saturated rings. The number of aliphatic carboxylic acids is 1. The zero-order valence-electron chi connectivity index (χ0n) is 16.8. The van der Waals surface area contributed by atoms with Crippen molar-refractivity contribution >= 4 is 29.6 Å². The second kappa shape index (κ2) is 14.5. The number of nitrogens with one attached hydrogen (secondary N) is 1. The molecule has 0 aromatic heterocycles. The van der Waals surface area contributed by atoms with Gasteiger partial charge in [-0.2, -0.15) is 0 Å². The molecule has 0 spiro atoms. The molecule has 0 aromatic carbocycles. The lowest BCUT2D eigenvalue weighted by Gasteiger charge is -2.08. The van der Waals surface area contributed by atoms with Gasteiger partial charge in [-0.05, 0) is 12.8 Å². The van der Waals surface area contributed by atoms with Gasteiger partial charge in [-0.3, -0.25) is 19.2 Å². The van der Waals surface area contributed by atoms with Crippen molar-refractivity contribution in [3.8, 4) is 0 Å². The second-order valence-electron chi connectivity index (χ2n) is 7.13. The van der Waals surface area contributed by atoms with E-state index in [-0.39, 0.29) is 25.0 Å². The van der Waals surface area contributed by atoms with Gasteiger partial charge in [-0.1, -0.05) is 32.1 Å². The van der Waals surface area contributed by atoms with Crippen LogP contribution in [0.4, 0.5) is 0 Å². The van der Waals surface area contributed by atoms with Gasteiger partial charge in [-0.15, -0.1) is 0 Å². The number of hydrogen-bond acceptors (Lipinski definition) is 7. The summed E-state index contributed by atoms with van der Waals surface area (Å²) in [6.07, 6.45) is 6.64. The average Bonchev–Trinajstić information content (AvgIpc) is 3.05. The molecule has 1 saturated heterocycles. The Balaban J connectivity index is 1.89. The number of carbonyl (C=O) groups is 5. The molecule has 1 aliphatic rings. The van der Waals surface area contributed by atoms with E-state index in [4.69, 9.17) is 14.6 Å². The molecule has 9 heteroatoms. The SMILES string of the molecule is O=C(O)CCC(=O)OCCCCCCCCCC(=O)CC(=O)N[C@@H]1CCOC1=O. The van der Waals surface area contributed by atoms with Gasteiger partial charge in [0, 0.05) is 12.8 Å². The number of carbonyl (C=O) groups excluding carboxylic acids is 4. The predicted octanol–water partition coefficient (Wildman–Crippen LogP) is 1.91. The second-order valence-corrected chi connectivity index (χ2v) is 7.13. The summed E-state index contributed by atoms with van der Waals surface area (Å²) in [7, 11) is 0. The molecule has 0 saturated carbocycles. The lowest BCUT2D eigenvalue weighted by molar-refractivity contribution is -0.147. The first-order valence-corrected chi connectivity index (χ1v) is 10.2. The van der Waals surface area contributed by atoms with E-state index >= 15 is 0 Å². The van der Waals surface area contributed by atoms with E-state index in [2.05, 4.69) is 5.32 Å². The summed E-state index contributed by atoms with van der Waals surface area (Å²) in [6, 6.07) is -0.622. The highest BCUT2D eigenvalue weighted by atomic mass is 16.5. The van der Waals surface area contributed by atoms with Crippen LogP contribution in [0.2, 0.25) is 0 Å². The predicted molar refractivity (Wildman–Crippen MR) is 102 cm³/mol. The van der Waals surface area contributed by atoms with Gasteiger partial charge < -0.3 is 19.9 Å². The van der Waals surface area contributed by atoms with E-state index in [0.29, 0.717) is 26.1 Å². The minimum atomic E-state index is -1.01. The Morgan fingerprint density at radius 2 is 1.62 bits per heavy atom. The van der Waals surface area contributed by atoms with Crippen LogP contribution < -0.4 is 5.32 Å². The number of Topliss-reactive ketones (excluding diaryl/α,β-unsaturated/α-hetero) is 1. The smallest absolute Gasteiger partial charge is 0.328 e. The zero-order valence-corrected chi connectivity index (χ0v) is 16.8. The monoisotopic (exact) mass is 413 g/mol. The third-order valence-corrected chi connectivity index (χ3v) is 4.53. The minimum Gasteiger partial charge on any atom is -0.481 e. The summed E-state index contributed by atoms with van der Waals surface area (Å²) >= 11 is 0. The van der Waals surface area contributed by atoms with Crippen molar-refractivity contribution in [2.24, 2.45) is 0 Å². The van der Waals surface area contributed by atoms with Crippen LogP contribution in [0.3, 0.4) is 0 Å². The lowest BCUT2D eigenvalue weighted by atomic mass is 10.1. The van der Waals surface area contributed by atoms with Crippen LogP contribution in [0.15, 0.2) is 0 Å². The maximum Gasteiger partial charge on any atom is 0.328 e. The highest BCUT2D eigenvalue weighted by molar-refractivity contribution is 5.99. The highest BCUT2D eigenvalue weighted by Crippen LogP contribution is 2.10. The van der Waals surface area contributed by atoms with Crippen LogP contribution >= 0.6 is 0 Å². The van der Waals surface area contributed by atoms with E-state index in [1.54, 1.807) is 0 Å². The number of esters is 2. The third-order valence-electron chi connectivity index (χ3n) is 4.53. The Morgan fingerprint density at radius 1 is 0.966 bits per heavy atom. The molecule has 0 aliphatic carbocycles. The molecule has 1 rings (SSSR count). The number of ether oxygens (including phenoxy) is 2. The third kappa shape index (κ3) is 12.6. The van der Waals surface area contributed by atoms with Crippen molar-refractivity contribution < 1.29 is 38.6 Å². The average molecular weight is 413 g/mol. The van der Waals surface area contributed by atoms with E-state index in [9.17, 15) is 24.0 Å². The van der Waals surface area contributed by atoms with E-state index in [0.717, 1.165) is 44.9 Å². The lowest BCUT2D eigenvalue weighted by Crippen LogP contribution is -2.38. The molecule has 164 valence electrons. The molecular weight excluding hydrogens is 382 g/mol. The van der Waals surface area contributed by atoms with Crippen molar-refractivity contribution in [3.05, 3.63) is 0 Å². The summed E-state index contributed by atoms with van der Waals surface area (Å²) < 4.78 is 9.70. The number of carboxylic acid groups (broad SMARTS) is 1. The van der Waals surface area contributed by atoms with Gasteiger partial charge in [0.2, 0.25) is 5.91 Å². The maximum absolute atomic E-state index is 11.8. The highest BCUT2D eigenvalue weighted by Gasteiger charge is 2.28. The molecule has 29 heavy (non-hydrogen) atoms. The minimum absolute atomic E-state index is 0.0944. The zero-order chi connectivity index (χ0) is 21.5. The van der Waals surface area contributed by atoms with Crippen molar-refractivity contribution in [1.29, 1.82) is 0 Å². The van der Waals surface area contributed by atoms with Crippen molar-refractivity contribution in [2.45, 2.75) is 83.1 Å². The van der Waals surface area contributed by atoms with E-state index in [1.807, 2.05) is 0 Å². The molecular formula is C20H31NO8. The van der Waals surface area contributed by atoms with Crippen LogP contribution in [0, 0.1) is 0 Å². The fourth-order valence-corrected chi connectivity index (χ4v) is 2.92. The van der Waals surface area contributed by atoms with Gasteiger partial charge in [0.25, 0.3) is 0 Å². The molecule has 0 radical (unpaired) electrons. The molecule has 0 aromatic rings. The summed E-state index contributed by atoms with van der Waals surface area (Å²) in [5.74, 6) is -2.49. The Bertz CT molecular complexity index is 575. The number of amides is 1. The van der Waals surface area contributed by atoms with Gasteiger partial charge >= 0.3 is 17.9 Å². The Morgan fingerprint density at radius 3 is 2.24 bits per heavy atom. The Kier molecular flexibility index (Phi) is 12.3. The van der Waals surface area contributed by atoms with Crippen LogP contribution in [0.5, 0.6) is 0 Å². The number of hydrogen-bond donors (Lipinski definition) is 2. The molecule has 1 amide bonds. The molecule has 1 aliphatic heterocycles. The normalized spacial score (nSPS) is 15.6. The van der Waals surface area contributed by atoms with Crippen LogP contribution in [0.25, 0.3) is 0 Å². The van der Waals surface area contributed by atoms with Gasteiger partial charge in [-0.25, -0.2) is 4.79 Å². The molecule has 1 heterocycles. The van der Waals surface area contributed by atoms with E-state index < -0.39 is 29.9 Å². The molecule has 1 atom stereocenters. The summed E-state index contributed by atoms with van der Waals surface area (Å²) in [5.41, 5.74) is 0. The standard InChI is InChI=1S/C20H31NO8/c22-15(14-17(23)21-16-11-13-29-20(16)27)8-6-4-2-1-3-5-7-12-28-19(26)10-9-18(24)25/h16H,1-14H2,(H,21,23)(H,24,25)/t16-/m1/s1. The van der Waals surface area contributed by atoms with Gasteiger partial charge in [0.1, 0.15) is 11.8 Å². The van der Waals surface area contributed by atoms with Crippen molar-refractivity contribution in [2.75, 3.05) is 13.2 Å².